The first-order valence-corrected chi connectivity index (χ1v) is 10.3. The Labute approximate surface area is 88.9 Å². The molecule has 2 aliphatic rings. The third-order valence-electron chi connectivity index (χ3n) is 3.80. The minimum atomic E-state index is -2.61. The van der Waals surface area contributed by atoms with Crippen molar-refractivity contribution in [3.8, 4) is 0 Å². The molecular formula is C10H20F2S2. The van der Waals surface area contributed by atoms with Gasteiger partial charge in [-0.05, 0) is 25.4 Å². The third-order valence-corrected chi connectivity index (χ3v) is 12.9. The van der Waals surface area contributed by atoms with Gasteiger partial charge in [-0.1, -0.05) is 19.3 Å². The molecule has 14 heavy (non-hydrogen) atoms. The van der Waals surface area contributed by atoms with Crippen molar-refractivity contribution in [1.29, 1.82) is 0 Å². The second kappa shape index (κ2) is 3.03. The van der Waals surface area contributed by atoms with Crippen LogP contribution in [0.2, 0.25) is 0 Å². The van der Waals surface area contributed by atoms with Crippen LogP contribution in [-0.4, -0.2) is 22.9 Å². The molecule has 0 atom stereocenters. The monoisotopic (exact) mass is 242 g/mol. The van der Waals surface area contributed by atoms with Crippen LogP contribution in [0.4, 0.5) is 8.78 Å². The van der Waals surface area contributed by atoms with Gasteiger partial charge >= 0.3 is 0 Å². The van der Waals surface area contributed by atoms with E-state index in [-0.39, 0.29) is 5.92 Å². The first-order chi connectivity index (χ1) is 6.36. The van der Waals surface area contributed by atoms with E-state index in [1.165, 1.54) is 0 Å². The molecule has 0 bridgehead atoms. The Morgan fingerprint density at radius 1 is 1.14 bits per heavy atom. The van der Waals surface area contributed by atoms with Gasteiger partial charge in [-0.15, -0.1) is 10.8 Å². The van der Waals surface area contributed by atoms with Gasteiger partial charge < -0.3 is 0 Å². The number of rotatable bonds is 2. The molecular weight excluding hydrogens is 222 g/mol. The lowest BCUT2D eigenvalue weighted by Gasteiger charge is -2.47. The Bertz CT molecular complexity index is 237. The maximum atomic E-state index is 14.3. The summed E-state index contributed by atoms with van der Waals surface area (Å²) in [6.45, 7) is 0. The summed E-state index contributed by atoms with van der Waals surface area (Å²) in [4.78, 5) is 0. The van der Waals surface area contributed by atoms with Crippen LogP contribution in [0.15, 0.2) is 0 Å². The molecule has 2 rings (SSSR count). The zero-order valence-electron chi connectivity index (χ0n) is 8.93. The molecule has 1 heterocycles. The predicted octanol–water partition coefficient (Wildman–Crippen LogP) is 4.11. The van der Waals surface area contributed by atoms with Gasteiger partial charge in [0.25, 0.3) is 5.25 Å². The first-order valence-electron chi connectivity index (χ1n) is 5.39. The van der Waals surface area contributed by atoms with Gasteiger partial charge in [0, 0.05) is 11.0 Å². The quantitative estimate of drug-likeness (QED) is 0.432. The summed E-state index contributed by atoms with van der Waals surface area (Å²) >= 11 is 0. The van der Waals surface area contributed by atoms with Crippen LogP contribution >= 0.6 is 19.0 Å². The Kier molecular flexibility index (Phi) is 2.40. The van der Waals surface area contributed by atoms with E-state index in [1.54, 1.807) is 10.8 Å². The normalized spacial score (nSPS) is 34.4. The second-order valence-corrected chi connectivity index (χ2v) is 16.2. The summed E-state index contributed by atoms with van der Waals surface area (Å²) in [6.07, 6.45) is 8.42. The zero-order valence-corrected chi connectivity index (χ0v) is 10.6. The maximum Gasteiger partial charge on any atom is 0.276 e. The van der Waals surface area contributed by atoms with Gasteiger partial charge in [0.15, 0.2) is 0 Å². The standard InChI is InChI=1S/C10H20F2S2/c1-14(2,8-13-14)10(11,12)9-6-4-3-5-7-9/h9,14H,3-8H2,1-2H3. The van der Waals surface area contributed by atoms with Crippen LogP contribution in [0, 0.1) is 5.92 Å². The highest BCUT2D eigenvalue weighted by Crippen LogP contribution is 2.98. The number of hydrogen-bond donors (Lipinski definition) is 1. The number of halogens is 2. The number of thiol groups is 1. The molecule has 2 fully saturated rings. The Morgan fingerprint density at radius 3 is 2.07 bits per heavy atom. The molecule has 1 aliphatic heterocycles. The number of alkyl halides is 2. The van der Waals surface area contributed by atoms with Crippen molar-refractivity contribution in [2.45, 2.75) is 37.4 Å². The van der Waals surface area contributed by atoms with Crippen molar-refractivity contribution in [3.05, 3.63) is 0 Å². The fraction of sp³-hybridized carbons (Fsp3) is 1.00. The third kappa shape index (κ3) is 1.49. The van der Waals surface area contributed by atoms with E-state index in [1.807, 2.05) is 12.5 Å². The smallest absolute Gasteiger partial charge is 0.196 e. The average Bonchev–Trinajstić information content (AvgIpc) is 2.81. The van der Waals surface area contributed by atoms with Crippen LogP contribution in [-0.2, 0) is 0 Å². The van der Waals surface area contributed by atoms with Gasteiger partial charge in [-0.3, -0.25) is 0 Å². The summed E-state index contributed by atoms with van der Waals surface area (Å²) < 4.78 is 28.6. The van der Waals surface area contributed by atoms with Crippen molar-refractivity contribution in [1.82, 2.24) is 0 Å². The Balaban J connectivity index is 2.15. The second-order valence-electron chi connectivity index (χ2n) is 5.45. The van der Waals surface area contributed by atoms with Crippen molar-refractivity contribution in [3.63, 3.8) is 0 Å². The molecule has 0 radical (unpaired) electrons. The van der Waals surface area contributed by atoms with Crippen molar-refractivity contribution < 1.29 is 8.78 Å². The molecule has 1 aliphatic carbocycles. The molecule has 1 saturated heterocycles. The zero-order chi connectivity index (χ0) is 10.5. The van der Waals surface area contributed by atoms with Crippen molar-refractivity contribution >= 4 is 19.0 Å². The van der Waals surface area contributed by atoms with Crippen molar-refractivity contribution in [2.75, 3.05) is 17.6 Å². The molecule has 0 amide bonds. The van der Waals surface area contributed by atoms with E-state index in [9.17, 15) is 8.78 Å². The fourth-order valence-corrected chi connectivity index (χ4v) is 9.31. The van der Waals surface area contributed by atoms with Crippen LogP contribution in [0.1, 0.15) is 32.1 Å². The topological polar surface area (TPSA) is 0 Å². The summed E-state index contributed by atoms with van der Waals surface area (Å²) in [5.41, 5.74) is 0. The predicted molar refractivity (Wildman–Crippen MR) is 64.8 cm³/mol. The van der Waals surface area contributed by atoms with E-state index in [0.29, 0.717) is 0 Å². The van der Waals surface area contributed by atoms with E-state index in [2.05, 4.69) is 0 Å². The van der Waals surface area contributed by atoms with Gasteiger partial charge in [-0.25, -0.2) is 0 Å². The fourth-order valence-electron chi connectivity index (χ4n) is 2.34. The molecule has 1 saturated carbocycles. The lowest BCUT2D eigenvalue weighted by Crippen LogP contribution is -2.35. The molecule has 0 spiro atoms. The highest BCUT2D eigenvalue weighted by Gasteiger charge is 2.66. The minimum Gasteiger partial charge on any atom is -0.196 e. The molecule has 0 aromatic heterocycles. The highest BCUT2D eigenvalue weighted by molar-refractivity contribution is 9.17. The van der Waals surface area contributed by atoms with Gasteiger partial charge in [0.2, 0.25) is 0 Å². The summed E-state index contributed by atoms with van der Waals surface area (Å²) in [5.74, 6) is -0.307. The maximum absolute atomic E-state index is 14.3. The van der Waals surface area contributed by atoms with Gasteiger partial charge in [0.1, 0.15) is 0 Å². The summed E-state index contributed by atoms with van der Waals surface area (Å²) in [7, 11) is -1.05. The SMILES string of the molecule is C[SH]1(C)(C(F)(F)C2CCCCC2)CS1. The highest BCUT2D eigenvalue weighted by atomic mass is 33.2. The molecule has 0 unspecified atom stereocenters. The molecule has 0 N–H and O–H groups in total. The lowest BCUT2D eigenvalue weighted by molar-refractivity contribution is 0.0153. The molecule has 0 nitrogen and oxygen atoms in total. The van der Waals surface area contributed by atoms with Crippen LogP contribution < -0.4 is 0 Å². The van der Waals surface area contributed by atoms with E-state index in [0.717, 1.165) is 37.2 Å². The molecule has 0 aromatic carbocycles. The first kappa shape index (κ1) is 11.1. The summed E-state index contributed by atoms with van der Waals surface area (Å²) in [6, 6.07) is 0. The number of hydrogen-bond acceptors (Lipinski definition) is 1. The molecule has 86 valence electrons. The van der Waals surface area contributed by atoms with Crippen LogP contribution in [0.25, 0.3) is 0 Å². The van der Waals surface area contributed by atoms with E-state index >= 15 is 0 Å². The largest absolute Gasteiger partial charge is 0.276 e. The Hall–Kier alpha value is 0.560. The Morgan fingerprint density at radius 2 is 1.64 bits per heavy atom. The van der Waals surface area contributed by atoms with Gasteiger partial charge in [0.05, 0.1) is 0 Å². The van der Waals surface area contributed by atoms with E-state index in [4.69, 9.17) is 0 Å². The van der Waals surface area contributed by atoms with E-state index < -0.39 is 13.4 Å². The van der Waals surface area contributed by atoms with Crippen molar-refractivity contribution in [2.24, 2.45) is 5.92 Å². The van der Waals surface area contributed by atoms with Gasteiger partial charge in [-0.2, -0.15) is 17.0 Å². The molecule has 4 heteroatoms. The lowest BCUT2D eigenvalue weighted by atomic mass is 9.89. The molecule has 0 aromatic rings. The average molecular weight is 242 g/mol. The van der Waals surface area contributed by atoms with Crippen LogP contribution in [0.5, 0.6) is 0 Å². The summed E-state index contributed by atoms with van der Waals surface area (Å²) in [5, 5.41) is -1.61. The minimum absolute atomic E-state index is 0.307. The van der Waals surface area contributed by atoms with Crippen LogP contribution in [0.3, 0.4) is 0 Å².